The van der Waals surface area contributed by atoms with Gasteiger partial charge in [0.1, 0.15) is 11.8 Å². The van der Waals surface area contributed by atoms with Gasteiger partial charge in [0.15, 0.2) is 6.10 Å². The van der Waals surface area contributed by atoms with Crippen LogP contribution >= 0.6 is 0 Å². The van der Waals surface area contributed by atoms with Crippen molar-refractivity contribution in [1.29, 1.82) is 5.26 Å². The summed E-state index contributed by atoms with van der Waals surface area (Å²) in [5, 5.41) is 8.79. The molecule has 1 aromatic carbocycles. The van der Waals surface area contributed by atoms with Gasteiger partial charge in [0.25, 0.3) is 0 Å². The second-order valence-corrected chi connectivity index (χ2v) is 4.82. The zero-order valence-corrected chi connectivity index (χ0v) is 11.7. The first-order valence-electron chi connectivity index (χ1n) is 6.39. The van der Waals surface area contributed by atoms with Crippen molar-refractivity contribution in [2.75, 3.05) is 0 Å². The lowest BCUT2D eigenvalue weighted by Gasteiger charge is -2.16. The summed E-state index contributed by atoms with van der Waals surface area (Å²) in [5.41, 5.74) is 9.33. The molecule has 2 unspecified atom stereocenters. The van der Waals surface area contributed by atoms with Crippen LogP contribution in [-0.2, 0) is 6.42 Å². The number of ether oxygens (including phenoxy) is 1. The third-order valence-corrected chi connectivity index (χ3v) is 3.02. The van der Waals surface area contributed by atoms with Crippen LogP contribution in [0.4, 0.5) is 0 Å². The molecule has 18 heavy (non-hydrogen) atoms. The molecule has 0 radical (unpaired) electrons. The Labute approximate surface area is 110 Å². The number of nitrogens with zero attached hydrogens (tertiary/aromatic N) is 1. The number of nitrogens with two attached hydrogens (primary N) is 1. The second kappa shape index (κ2) is 6.42. The topological polar surface area (TPSA) is 59.0 Å². The van der Waals surface area contributed by atoms with Gasteiger partial charge in [0.05, 0.1) is 0 Å². The van der Waals surface area contributed by atoms with E-state index in [2.05, 4.69) is 25.1 Å². The average Bonchev–Trinajstić information content (AvgIpc) is 2.33. The summed E-state index contributed by atoms with van der Waals surface area (Å²) in [6.45, 7) is 7.86. The summed E-state index contributed by atoms with van der Waals surface area (Å²) < 4.78 is 5.62. The third kappa shape index (κ3) is 3.75. The maximum Gasteiger partial charge on any atom is 0.181 e. The second-order valence-electron chi connectivity index (χ2n) is 4.82. The van der Waals surface area contributed by atoms with E-state index in [9.17, 15) is 0 Å². The van der Waals surface area contributed by atoms with E-state index in [0.717, 1.165) is 29.7 Å². The Bertz CT molecular complexity index is 425. The minimum atomic E-state index is -0.425. The Hall–Kier alpha value is -1.53. The van der Waals surface area contributed by atoms with Crippen LogP contribution in [-0.4, -0.2) is 12.1 Å². The Morgan fingerprint density at radius 1 is 1.33 bits per heavy atom. The van der Waals surface area contributed by atoms with Gasteiger partial charge in [0, 0.05) is 6.04 Å². The van der Waals surface area contributed by atoms with Crippen molar-refractivity contribution in [2.45, 2.75) is 52.7 Å². The van der Waals surface area contributed by atoms with Gasteiger partial charge in [-0.3, -0.25) is 0 Å². The fourth-order valence-electron chi connectivity index (χ4n) is 1.99. The molecule has 2 N–H and O–H groups in total. The molecule has 2 atom stereocenters. The van der Waals surface area contributed by atoms with Gasteiger partial charge < -0.3 is 10.5 Å². The van der Waals surface area contributed by atoms with E-state index < -0.39 is 6.10 Å². The van der Waals surface area contributed by atoms with E-state index in [1.807, 2.05) is 13.8 Å². The predicted molar refractivity (Wildman–Crippen MR) is 73.6 cm³/mol. The van der Waals surface area contributed by atoms with Crippen molar-refractivity contribution < 1.29 is 4.74 Å². The third-order valence-electron chi connectivity index (χ3n) is 3.02. The van der Waals surface area contributed by atoms with Crippen molar-refractivity contribution >= 4 is 0 Å². The molecule has 0 bridgehead atoms. The van der Waals surface area contributed by atoms with Crippen LogP contribution in [0.2, 0.25) is 0 Å². The van der Waals surface area contributed by atoms with Crippen LogP contribution in [0.1, 0.15) is 37.0 Å². The van der Waals surface area contributed by atoms with E-state index in [-0.39, 0.29) is 6.04 Å². The average molecular weight is 246 g/mol. The van der Waals surface area contributed by atoms with Crippen LogP contribution < -0.4 is 10.5 Å². The quantitative estimate of drug-likeness (QED) is 0.869. The Morgan fingerprint density at radius 2 is 1.89 bits per heavy atom. The first-order chi connectivity index (χ1) is 8.47. The molecule has 0 aliphatic rings. The molecule has 1 aromatic rings. The lowest BCUT2D eigenvalue weighted by molar-refractivity contribution is 0.272. The summed E-state index contributed by atoms with van der Waals surface area (Å²) in [5.74, 6) is 0.817. The van der Waals surface area contributed by atoms with Gasteiger partial charge in [-0.25, -0.2) is 0 Å². The summed E-state index contributed by atoms with van der Waals surface area (Å²) in [7, 11) is 0. The van der Waals surface area contributed by atoms with Gasteiger partial charge in [-0.1, -0.05) is 19.1 Å². The number of nitriles is 1. The molecule has 0 saturated heterocycles. The first-order valence-corrected chi connectivity index (χ1v) is 6.39. The minimum absolute atomic E-state index is 0.202. The van der Waals surface area contributed by atoms with Crippen molar-refractivity contribution in [2.24, 2.45) is 5.73 Å². The number of aryl methyl sites for hydroxylation is 2. The Morgan fingerprint density at radius 3 is 2.33 bits per heavy atom. The molecule has 0 saturated carbocycles. The van der Waals surface area contributed by atoms with Crippen LogP contribution in [0.25, 0.3) is 0 Å². The number of hydrogen-bond acceptors (Lipinski definition) is 3. The zero-order chi connectivity index (χ0) is 13.7. The van der Waals surface area contributed by atoms with Gasteiger partial charge in [-0.05, 0) is 50.3 Å². The Balaban J connectivity index is 2.94. The van der Waals surface area contributed by atoms with E-state index in [1.165, 1.54) is 5.56 Å². The summed E-state index contributed by atoms with van der Waals surface area (Å²) in [4.78, 5) is 0. The molecule has 3 nitrogen and oxygen atoms in total. The fraction of sp³-hybridized carbons (Fsp3) is 0.533. The van der Waals surface area contributed by atoms with Gasteiger partial charge in [-0.15, -0.1) is 0 Å². The van der Waals surface area contributed by atoms with Crippen LogP contribution in [0.5, 0.6) is 5.75 Å². The molecule has 0 amide bonds. The highest BCUT2D eigenvalue weighted by molar-refractivity contribution is 5.44. The fourth-order valence-corrected chi connectivity index (χ4v) is 1.99. The predicted octanol–water partition coefficient (Wildman–Crippen LogP) is 2.87. The SMILES string of the molecule is CCC(N)Cc1cc(C)c(OC(C)C#N)c(C)c1. The molecule has 0 aliphatic carbocycles. The summed E-state index contributed by atoms with van der Waals surface area (Å²) >= 11 is 0. The zero-order valence-electron chi connectivity index (χ0n) is 11.7. The van der Waals surface area contributed by atoms with Gasteiger partial charge in [0.2, 0.25) is 0 Å². The monoisotopic (exact) mass is 246 g/mol. The summed E-state index contributed by atoms with van der Waals surface area (Å²) in [6, 6.07) is 6.48. The lowest BCUT2D eigenvalue weighted by atomic mass is 9.99. The van der Waals surface area contributed by atoms with E-state index in [4.69, 9.17) is 15.7 Å². The smallest absolute Gasteiger partial charge is 0.181 e. The minimum Gasteiger partial charge on any atom is -0.475 e. The summed E-state index contributed by atoms with van der Waals surface area (Å²) in [6.07, 6.45) is 1.43. The maximum absolute atomic E-state index is 8.79. The van der Waals surface area contributed by atoms with E-state index >= 15 is 0 Å². The van der Waals surface area contributed by atoms with Crippen molar-refractivity contribution in [3.63, 3.8) is 0 Å². The largest absolute Gasteiger partial charge is 0.475 e. The van der Waals surface area contributed by atoms with Crippen molar-refractivity contribution in [3.05, 3.63) is 28.8 Å². The lowest BCUT2D eigenvalue weighted by Crippen LogP contribution is -2.21. The van der Waals surface area contributed by atoms with Crippen LogP contribution in [0.15, 0.2) is 12.1 Å². The number of benzene rings is 1. The highest BCUT2D eigenvalue weighted by atomic mass is 16.5. The molecule has 0 spiro atoms. The highest BCUT2D eigenvalue weighted by Gasteiger charge is 2.11. The molecule has 0 heterocycles. The standard InChI is InChI=1S/C15H22N2O/c1-5-14(17)8-13-6-10(2)15(11(3)7-13)18-12(4)9-16/h6-7,12,14H,5,8,17H2,1-4H3. The molecular weight excluding hydrogens is 224 g/mol. The van der Waals surface area contributed by atoms with Crippen LogP contribution in [0.3, 0.4) is 0 Å². The highest BCUT2D eigenvalue weighted by Crippen LogP contribution is 2.26. The Kier molecular flexibility index (Phi) is 5.18. The van der Waals surface area contributed by atoms with E-state index in [0.29, 0.717) is 0 Å². The van der Waals surface area contributed by atoms with Crippen LogP contribution in [0, 0.1) is 25.2 Å². The van der Waals surface area contributed by atoms with Gasteiger partial charge >= 0.3 is 0 Å². The number of rotatable bonds is 5. The maximum atomic E-state index is 8.79. The molecule has 98 valence electrons. The molecule has 0 fully saturated rings. The molecule has 0 aromatic heterocycles. The molecular formula is C15H22N2O. The molecule has 3 heteroatoms. The van der Waals surface area contributed by atoms with Gasteiger partial charge in [-0.2, -0.15) is 5.26 Å². The molecule has 0 aliphatic heterocycles. The molecule has 1 rings (SSSR count). The van der Waals surface area contributed by atoms with Crippen molar-refractivity contribution in [3.8, 4) is 11.8 Å². The van der Waals surface area contributed by atoms with Crippen molar-refractivity contribution in [1.82, 2.24) is 0 Å². The number of hydrogen-bond donors (Lipinski definition) is 1. The first kappa shape index (κ1) is 14.5. The normalized spacial score (nSPS) is 13.8. The van der Waals surface area contributed by atoms with E-state index in [1.54, 1.807) is 6.92 Å².